The molecule has 0 fully saturated rings. The minimum Gasteiger partial charge on any atom is -0.475 e. The Balaban J connectivity index is 2.48. The molecule has 23 heavy (non-hydrogen) atoms. The number of para-hydroxylation sites is 2. The van der Waals surface area contributed by atoms with Crippen molar-refractivity contribution >= 4 is 35.1 Å². The third kappa shape index (κ3) is 3.49. The summed E-state index contributed by atoms with van der Waals surface area (Å²) in [4.78, 5) is 23.2. The van der Waals surface area contributed by atoms with Gasteiger partial charge in [-0.3, -0.25) is 0 Å². The second-order valence-corrected chi connectivity index (χ2v) is 5.11. The van der Waals surface area contributed by atoms with Gasteiger partial charge in [-0.2, -0.15) is 0 Å². The molecule has 0 aromatic heterocycles. The van der Waals surface area contributed by atoms with Crippen molar-refractivity contribution in [1.82, 2.24) is 0 Å². The molecule has 0 radical (unpaired) electrons. The van der Waals surface area contributed by atoms with Crippen molar-refractivity contribution in [2.24, 2.45) is 0 Å². The maximum atomic E-state index is 11.6. The van der Waals surface area contributed by atoms with Crippen molar-refractivity contribution in [3.8, 4) is 11.5 Å². The Labute approximate surface area is 140 Å². The molecule has 0 spiro atoms. The smallest absolute Gasteiger partial charge is 0.453 e. The molecule has 0 aliphatic heterocycles. The Morgan fingerprint density at radius 3 is 1.43 bits per heavy atom. The van der Waals surface area contributed by atoms with Gasteiger partial charge in [0, 0.05) is 0 Å². The fourth-order valence-electron chi connectivity index (χ4n) is 1.65. The van der Waals surface area contributed by atoms with Crippen molar-refractivity contribution in [1.29, 1.82) is 0 Å². The summed E-state index contributed by atoms with van der Waals surface area (Å²) in [5.74, 6) is -7.11. The Hall–Kier alpha value is -2.44. The number of carboxylic acids is 2. The van der Waals surface area contributed by atoms with E-state index in [1.807, 2.05) is 0 Å². The molecule has 0 amide bonds. The van der Waals surface area contributed by atoms with Gasteiger partial charge in [-0.25, -0.2) is 9.59 Å². The lowest BCUT2D eigenvalue weighted by atomic mass is 10.2. The van der Waals surface area contributed by atoms with E-state index >= 15 is 0 Å². The molecule has 0 saturated carbocycles. The van der Waals surface area contributed by atoms with Crippen molar-refractivity contribution in [3.63, 3.8) is 0 Å². The molecule has 0 heterocycles. The van der Waals surface area contributed by atoms with Gasteiger partial charge in [0.05, 0.1) is 10.0 Å². The van der Waals surface area contributed by atoms with E-state index in [1.165, 1.54) is 36.4 Å². The van der Waals surface area contributed by atoms with Gasteiger partial charge in [-0.1, -0.05) is 47.5 Å². The molecule has 120 valence electrons. The Kier molecular flexibility index (Phi) is 4.98. The fraction of sp³-hybridized carbons (Fsp3) is 0.0667. The highest BCUT2D eigenvalue weighted by Crippen LogP contribution is 2.32. The van der Waals surface area contributed by atoms with Crippen LogP contribution in [0.15, 0.2) is 48.5 Å². The predicted molar refractivity (Wildman–Crippen MR) is 82.2 cm³/mol. The quantitative estimate of drug-likeness (QED) is 0.609. The number of rotatable bonds is 6. The van der Waals surface area contributed by atoms with E-state index in [-0.39, 0.29) is 21.5 Å². The molecule has 8 heteroatoms. The molecule has 0 unspecified atom stereocenters. The van der Waals surface area contributed by atoms with Crippen molar-refractivity contribution in [2.75, 3.05) is 0 Å². The summed E-state index contributed by atoms with van der Waals surface area (Å²) in [6.07, 6.45) is 0. The third-order valence-electron chi connectivity index (χ3n) is 2.74. The number of aliphatic carboxylic acids is 2. The summed E-state index contributed by atoms with van der Waals surface area (Å²) in [5, 5.41) is 18.8. The average molecular weight is 357 g/mol. The number of hydrogen-bond donors (Lipinski definition) is 2. The normalized spacial score (nSPS) is 10.9. The molecule has 0 atom stereocenters. The van der Waals surface area contributed by atoms with Crippen LogP contribution in [-0.4, -0.2) is 27.9 Å². The summed E-state index contributed by atoms with van der Waals surface area (Å²) < 4.78 is 10.2. The topological polar surface area (TPSA) is 93.1 Å². The number of halogens is 2. The first-order valence-corrected chi connectivity index (χ1v) is 6.96. The zero-order valence-corrected chi connectivity index (χ0v) is 12.9. The number of hydrogen-bond acceptors (Lipinski definition) is 4. The van der Waals surface area contributed by atoms with Crippen LogP contribution in [0.3, 0.4) is 0 Å². The first kappa shape index (κ1) is 16.9. The zero-order valence-electron chi connectivity index (χ0n) is 11.4. The SMILES string of the molecule is O=C(O)C(Oc1ccccc1Cl)(Oc1ccccc1Cl)C(=O)O. The molecule has 0 saturated heterocycles. The number of ether oxygens (including phenoxy) is 2. The van der Waals surface area contributed by atoms with Crippen molar-refractivity contribution < 1.29 is 29.3 Å². The van der Waals surface area contributed by atoms with Crippen LogP contribution in [-0.2, 0) is 9.59 Å². The van der Waals surface area contributed by atoms with Crippen molar-refractivity contribution in [3.05, 3.63) is 58.6 Å². The van der Waals surface area contributed by atoms with Gasteiger partial charge in [0.15, 0.2) is 0 Å². The monoisotopic (exact) mass is 356 g/mol. The van der Waals surface area contributed by atoms with Gasteiger partial charge in [0.25, 0.3) is 0 Å². The van der Waals surface area contributed by atoms with E-state index in [9.17, 15) is 19.8 Å². The summed E-state index contributed by atoms with van der Waals surface area (Å²) in [7, 11) is 0. The summed E-state index contributed by atoms with van der Waals surface area (Å²) in [6, 6.07) is 11.6. The van der Waals surface area contributed by atoms with Crippen LogP contribution in [0.25, 0.3) is 0 Å². The molecule has 6 nitrogen and oxygen atoms in total. The van der Waals surface area contributed by atoms with Gasteiger partial charge in [0.2, 0.25) is 0 Å². The van der Waals surface area contributed by atoms with E-state index in [1.54, 1.807) is 12.1 Å². The Morgan fingerprint density at radius 1 is 0.783 bits per heavy atom. The standard InChI is InChI=1S/C15H10Cl2O6/c16-9-5-1-3-7-11(9)22-15(13(18)19,14(20)21)23-12-8-4-2-6-10(12)17/h1-8H,(H,18,19)(H,20,21). The molecule has 2 rings (SSSR count). The van der Waals surface area contributed by atoms with Crippen LogP contribution in [0, 0.1) is 0 Å². The number of carboxylic acid groups (broad SMARTS) is 2. The lowest BCUT2D eigenvalue weighted by Crippen LogP contribution is -2.56. The molecule has 0 aliphatic rings. The van der Waals surface area contributed by atoms with Gasteiger partial charge < -0.3 is 19.7 Å². The number of benzene rings is 2. The van der Waals surface area contributed by atoms with Crippen LogP contribution in [0.4, 0.5) is 0 Å². The van der Waals surface area contributed by atoms with Crippen LogP contribution in [0.1, 0.15) is 0 Å². The maximum absolute atomic E-state index is 11.6. The van der Waals surface area contributed by atoms with Gasteiger partial charge >= 0.3 is 17.7 Å². The number of carbonyl (C=O) groups is 2. The minimum absolute atomic E-state index is 0.0298. The molecule has 2 aromatic rings. The van der Waals surface area contributed by atoms with Gasteiger partial charge in [-0.15, -0.1) is 0 Å². The lowest BCUT2D eigenvalue weighted by Gasteiger charge is -2.27. The van der Waals surface area contributed by atoms with Gasteiger partial charge in [0.1, 0.15) is 11.5 Å². The molecular formula is C15H10Cl2O6. The fourth-order valence-corrected chi connectivity index (χ4v) is 2.00. The summed E-state index contributed by atoms with van der Waals surface area (Å²) >= 11 is 11.8. The average Bonchev–Trinajstić information content (AvgIpc) is 2.50. The van der Waals surface area contributed by atoms with Crippen LogP contribution >= 0.6 is 23.2 Å². The van der Waals surface area contributed by atoms with E-state index in [0.29, 0.717) is 0 Å². The minimum atomic E-state index is -3.05. The Morgan fingerprint density at radius 2 is 1.13 bits per heavy atom. The lowest BCUT2D eigenvalue weighted by molar-refractivity contribution is -0.201. The second-order valence-electron chi connectivity index (χ2n) is 4.29. The van der Waals surface area contributed by atoms with E-state index in [4.69, 9.17) is 32.7 Å². The highest BCUT2D eigenvalue weighted by atomic mass is 35.5. The third-order valence-corrected chi connectivity index (χ3v) is 3.37. The largest absolute Gasteiger partial charge is 0.475 e. The highest BCUT2D eigenvalue weighted by molar-refractivity contribution is 6.32. The van der Waals surface area contributed by atoms with Crippen LogP contribution in [0.2, 0.25) is 10.0 Å². The molecule has 2 aromatic carbocycles. The van der Waals surface area contributed by atoms with E-state index < -0.39 is 17.7 Å². The summed E-state index contributed by atoms with van der Waals surface area (Å²) in [5.41, 5.74) is 0. The Bertz CT molecular complexity index is 683. The van der Waals surface area contributed by atoms with E-state index in [0.717, 1.165) is 0 Å². The maximum Gasteiger partial charge on any atom is 0.453 e. The van der Waals surface area contributed by atoms with E-state index in [2.05, 4.69) is 0 Å². The predicted octanol–water partition coefficient (Wildman–Crippen LogP) is 3.32. The molecule has 0 bridgehead atoms. The highest BCUT2D eigenvalue weighted by Gasteiger charge is 2.54. The van der Waals surface area contributed by atoms with Crippen LogP contribution in [0.5, 0.6) is 11.5 Å². The molecular weight excluding hydrogens is 347 g/mol. The second kappa shape index (κ2) is 6.76. The molecule has 0 aliphatic carbocycles. The summed E-state index contributed by atoms with van der Waals surface area (Å²) in [6.45, 7) is 0. The van der Waals surface area contributed by atoms with Crippen molar-refractivity contribution in [2.45, 2.75) is 5.79 Å². The first-order valence-electron chi connectivity index (χ1n) is 6.20. The van der Waals surface area contributed by atoms with Crippen LogP contribution < -0.4 is 9.47 Å². The zero-order chi connectivity index (χ0) is 17.0. The van der Waals surface area contributed by atoms with Gasteiger partial charge in [-0.05, 0) is 24.3 Å². The molecule has 2 N–H and O–H groups in total. The first-order chi connectivity index (χ1) is 10.9.